The normalized spacial score (nSPS) is 14.1. The fourth-order valence-electron chi connectivity index (χ4n) is 3.83. The molecule has 3 aromatic rings. The lowest BCUT2D eigenvalue weighted by Crippen LogP contribution is -1.98. The summed E-state index contributed by atoms with van der Waals surface area (Å²) in [5.41, 5.74) is 5.14. The smallest absolute Gasteiger partial charge is 0.307 e. The Hall–Kier alpha value is -3.80. The van der Waals surface area contributed by atoms with Crippen molar-refractivity contribution < 1.29 is 27.8 Å². The van der Waals surface area contributed by atoms with Crippen LogP contribution in [0.3, 0.4) is 0 Å². The minimum absolute atomic E-state index is 0.0426. The minimum atomic E-state index is -0.983. The third-order valence-electron chi connectivity index (χ3n) is 5.33. The third-order valence-corrected chi connectivity index (χ3v) is 5.33. The van der Waals surface area contributed by atoms with Gasteiger partial charge in [-0.1, -0.05) is 24.3 Å². The van der Waals surface area contributed by atoms with Crippen molar-refractivity contribution in [2.24, 2.45) is 0 Å². The fourth-order valence-corrected chi connectivity index (χ4v) is 3.83. The van der Waals surface area contributed by atoms with E-state index in [9.17, 15) is 23.1 Å². The van der Waals surface area contributed by atoms with E-state index in [2.05, 4.69) is 0 Å². The first-order chi connectivity index (χ1) is 15.3. The summed E-state index contributed by atoms with van der Waals surface area (Å²) in [5, 5.41) is 9.28. The summed E-state index contributed by atoms with van der Waals surface area (Å²) in [6.45, 7) is 1.91. The highest BCUT2D eigenvalue weighted by molar-refractivity contribution is 6.07. The fraction of sp³-hybridized carbons (Fsp3) is 0.115. The molecule has 0 heterocycles. The second-order valence-electron chi connectivity index (χ2n) is 7.53. The van der Waals surface area contributed by atoms with Gasteiger partial charge in [-0.05, 0) is 82.3 Å². The number of hydrogen-bond acceptors (Lipinski definition) is 2. The molecule has 0 fully saturated rings. The molecule has 6 heteroatoms. The molecule has 4 rings (SSSR count). The molecule has 0 radical (unpaired) electrons. The maximum atomic E-state index is 13.8. The summed E-state index contributed by atoms with van der Waals surface area (Å²) in [5.74, 6) is -2.90. The van der Waals surface area contributed by atoms with Crippen LogP contribution in [0.5, 0.6) is 5.75 Å². The molecule has 0 atom stereocenters. The third kappa shape index (κ3) is 4.44. The average molecular weight is 436 g/mol. The van der Waals surface area contributed by atoms with Crippen LogP contribution in [0.2, 0.25) is 0 Å². The number of aliphatic carboxylic acids is 1. The van der Waals surface area contributed by atoms with Gasteiger partial charge in [0.05, 0.1) is 6.42 Å². The van der Waals surface area contributed by atoms with Crippen molar-refractivity contribution in [3.8, 4) is 5.75 Å². The van der Waals surface area contributed by atoms with Crippen molar-refractivity contribution in [3.63, 3.8) is 0 Å². The molecule has 0 saturated heterocycles. The van der Waals surface area contributed by atoms with Gasteiger partial charge >= 0.3 is 5.97 Å². The zero-order valence-corrected chi connectivity index (χ0v) is 17.2. The molecule has 0 spiro atoms. The number of carboxylic acid groups (broad SMARTS) is 1. The van der Waals surface area contributed by atoms with E-state index >= 15 is 0 Å². The van der Waals surface area contributed by atoms with Crippen molar-refractivity contribution >= 4 is 23.2 Å². The second-order valence-corrected chi connectivity index (χ2v) is 7.53. The Bertz CT molecular complexity index is 1280. The number of rotatable bonds is 6. The lowest BCUT2D eigenvalue weighted by Gasteiger charge is -2.09. The molecule has 3 aromatic carbocycles. The van der Waals surface area contributed by atoms with Crippen molar-refractivity contribution in [2.75, 3.05) is 0 Å². The van der Waals surface area contributed by atoms with Gasteiger partial charge in [-0.3, -0.25) is 4.79 Å². The molecule has 1 N–H and O–H groups in total. The summed E-state index contributed by atoms with van der Waals surface area (Å²) in [7, 11) is 0. The maximum absolute atomic E-state index is 13.8. The van der Waals surface area contributed by atoms with Gasteiger partial charge in [-0.25, -0.2) is 13.2 Å². The largest absolute Gasteiger partial charge is 0.486 e. The summed E-state index contributed by atoms with van der Waals surface area (Å²) in [6, 6.07) is 14.9. The average Bonchev–Trinajstić information content (AvgIpc) is 2.98. The first kappa shape index (κ1) is 21.4. The first-order valence-corrected chi connectivity index (χ1v) is 9.92. The zero-order chi connectivity index (χ0) is 22.8. The first-order valence-electron chi connectivity index (χ1n) is 9.92. The highest BCUT2D eigenvalue weighted by Gasteiger charge is 2.25. The van der Waals surface area contributed by atoms with E-state index in [1.807, 2.05) is 37.3 Å². The molecule has 0 unspecified atom stereocenters. The number of halogens is 3. The van der Waals surface area contributed by atoms with E-state index < -0.39 is 23.4 Å². The number of ether oxygens (including phenoxy) is 1. The van der Waals surface area contributed by atoms with Crippen LogP contribution in [0.15, 0.2) is 66.2 Å². The van der Waals surface area contributed by atoms with E-state index in [4.69, 9.17) is 4.74 Å². The topological polar surface area (TPSA) is 46.5 Å². The summed E-state index contributed by atoms with van der Waals surface area (Å²) < 4.78 is 46.2. The molecule has 0 bridgehead atoms. The molecular formula is C26H19F3O3. The highest BCUT2D eigenvalue weighted by atomic mass is 19.1. The Morgan fingerprint density at radius 2 is 1.72 bits per heavy atom. The van der Waals surface area contributed by atoms with Crippen molar-refractivity contribution in [2.45, 2.75) is 20.0 Å². The molecule has 3 nitrogen and oxygen atoms in total. The lowest BCUT2D eigenvalue weighted by molar-refractivity contribution is -0.135. The summed E-state index contributed by atoms with van der Waals surface area (Å²) in [6.07, 6.45) is 1.71. The van der Waals surface area contributed by atoms with E-state index in [1.165, 1.54) is 18.2 Å². The van der Waals surface area contributed by atoms with E-state index in [-0.39, 0.29) is 18.8 Å². The molecule has 0 saturated carbocycles. The van der Waals surface area contributed by atoms with Crippen LogP contribution < -0.4 is 4.74 Å². The van der Waals surface area contributed by atoms with Crippen molar-refractivity contribution in [1.29, 1.82) is 0 Å². The van der Waals surface area contributed by atoms with Gasteiger partial charge < -0.3 is 9.84 Å². The number of carboxylic acids is 1. The molecule has 0 aliphatic heterocycles. The Morgan fingerprint density at radius 1 is 0.969 bits per heavy atom. The Balaban J connectivity index is 1.64. The van der Waals surface area contributed by atoms with Crippen LogP contribution in [-0.4, -0.2) is 11.1 Å². The second kappa shape index (κ2) is 8.75. The van der Waals surface area contributed by atoms with Crippen LogP contribution in [-0.2, 0) is 11.4 Å². The Labute approximate surface area is 183 Å². The number of fused-ring (bicyclic) bond motifs is 1. The van der Waals surface area contributed by atoms with Gasteiger partial charge in [0.2, 0.25) is 0 Å². The lowest BCUT2D eigenvalue weighted by atomic mass is 10.00. The van der Waals surface area contributed by atoms with E-state index in [0.717, 1.165) is 40.0 Å². The van der Waals surface area contributed by atoms with Crippen LogP contribution in [0.4, 0.5) is 13.2 Å². The Kier molecular flexibility index (Phi) is 5.86. The predicted octanol–water partition coefficient (Wildman–Crippen LogP) is 6.49. The monoisotopic (exact) mass is 436 g/mol. The number of benzene rings is 3. The molecule has 32 heavy (non-hydrogen) atoms. The summed E-state index contributed by atoms with van der Waals surface area (Å²) >= 11 is 0. The van der Waals surface area contributed by atoms with Gasteiger partial charge in [-0.2, -0.15) is 0 Å². The van der Waals surface area contributed by atoms with Gasteiger partial charge in [0.25, 0.3) is 0 Å². The van der Waals surface area contributed by atoms with Gasteiger partial charge in [0, 0.05) is 6.07 Å². The van der Waals surface area contributed by atoms with Crippen LogP contribution in [0.1, 0.15) is 35.6 Å². The van der Waals surface area contributed by atoms with E-state index in [1.54, 1.807) is 6.07 Å². The van der Waals surface area contributed by atoms with Gasteiger partial charge in [-0.15, -0.1) is 0 Å². The van der Waals surface area contributed by atoms with Gasteiger partial charge in [0.1, 0.15) is 18.2 Å². The summed E-state index contributed by atoms with van der Waals surface area (Å²) in [4.78, 5) is 11.3. The Morgan fingerprint density at radius 3 is 2.47 bits per heavy atom. The molecule has 0 aromatic heterocycles. The zero-order valence-electron chi connectivity index (χ0n) is 17.2. The highest BCUT2D eigenvalue weighted by Crippen LogP contribution is 2.43. The molecular weight excluding hydrogens is 417 g/mol. The number of hydrogen-bond donors (Lipinski definition) is 1. The quantitative estimate of drug-likeness (QED) is 0.481. The van der Waals surface area contributed by atoms with Crippen LogP contribution in [0.25, 0.3) is 17.2 Å². The predicted molar refractivity (Wildman–Crippen MR) is 116 cm³/mol. The van der Waals surface area contributed by atoms with E-state index in [0.29, 0.717) is 11.1 Å². The van der Waals surface area contributed by atoms with Crippen LogP contribution >= 0.6 is 0 Å². The molecule has 0 amide bonds. The van der Waals surface area contributed by atoms with Crippen LogP contribution in [0, 0.1) is 17.5 Å². The maximum Gasteiger partial charge on any atom is 0.307 e. The minimum Gasteiger partial charge on any atom is -0.486 e. The van der Waals surface area contributed by atoms with Crippen molar-refractivity contribution in [1.82, 2.24) is 0 Å². The number of allylic oxidation sites excluding steroid dienone is 2. The molecule has 1 aliphatic carbocycles. The van der Waals surface area contributed by atoms with Gasteiger partial charge in [0.15, 0.2) is 11.6 Å². The molecule has 1 aliphatic rings. The molecule has 162 valence electrons. The number of carbonyl (C=O) groups is 1. The van der Waals surface area contributed by atoms with Crippen molar-refractivity contribution in [3.05, 3.63) is 106 Å². The SMILES string of the molecule is CC1=C(CC(=O)O)c2cc(F)ccc2/C1=C\c1cccc(COc2ccc(F)cc2F)c1. The standard InChI is InChI=1S/C26H19F3O3/c1-15-21(20-7-5-18(27)11-23(20)22(15)13-26(30)31)10-16-3-2-4-17(9-16)14-32-25-8-6-19(28)12-24(25)29/h2-12H,13-14H2,1H3,(H,30,31)/b21-10-.